The summed E-state index contributed by atoms with van der Waals surface area (Å²) in [4.78, 5) is 0. The maximum atomic E-state index is 14.1. The Kier molecular flexibility index (Phi) is 5.20. The number of hydrogen-bond donors (Lipinski definition) is 1. The highest BCUT2D eigenvalue weighted by molar-refractivity contribution is 6.31. The fourth-order valence-corrected chi connectivity index (χ4v) is 2.67. The molecule has 0 bridgehead atoms. The smallest absolute Gasteiger partial charge is 0.128 e. The van der Waals surface area contributed by atoms with Crippen LogP contribution >= 0.6 is 23.2 Å². The van der Waals surface area contributed by atoms with Gasteiger partial charge < -0.3 is 5.32 Å². The molecule has 0 radical (unpaired) electrons. The molecule has 5 heteroatoms. The summed E-state index contributed by atoms with van der Waals surface area (Å²) in [5.74, 6) is -0.769. The molecule has 0 aliphatic carbocycles. The Bertz CT molecular complexity index is 659. The SMILES string of the molecule is CCNC(c1cc(Cl)ccc1F)c1cc(C)c(F)cc1Cl. The van der Waals surface area contributed by atoms with Crippen LogP contribution in [-0.2, 0) is 0 Å². The molecule has 21 heavy (non-hydrogen) atoms. The second-order valence-electron chi connectivity index (χ2n) is 4.78. The summed E-state index contributed by atoms with van der Waals surface area (Å²) in [6, 6.07) is 6.75. The molecule has 1 atom stereocenters. The lowest BCUT2D eigenvalue weighted by Crippen LogP contribution is -2.23. The van der Waals surface area contributed by atoms with Gasteiger partial charge >= 0.3 is 0 Å². The molecule has 0 heterocycles. The lowest BCUT2D eigenvalue weighted by Gasteiger charge is -2.21. The molecule has 0 aliphatic rings. The number of benzene rings is 2. The van der Waals surface area contributed by atoms with Crippen molar-refractivity contribution in [3.05, 3.63) is 68.7 Å². The first kappa shape index (κ1) is 16.2. The van der Waals surface area contributed by atoms with Crippen molar-refractivity contribution in [2.45, 2.75) is 19.9 Å². The summed E-state index contributed by atoms with van der Waals surface area (Å²) in [5.41, 5.74) is 1.47. The topological polar surface area (TPSA) is 12.0 Å². The quantitative estimate of drug-likeness (QED) is 0.804. The molecule has 0 amide bonds. The Morgan fingerprint density at radius 2 is 1.76 bits per heavy atom. The van der Waals surface area contributed by atoms with Crippen molar-refractivity contribution in [3.8, 4) is 0 Å². The maximum absolute atomic E-state index is 14.1. The van der Waals surface area contributed by atoms with Crippen LogP contribution < -0.4 is 5.32 Å². The lowest BCUT2D eigenvalue weighted by atomic mass is 9.96. The third-order valence-electron chi connectivity index (χ3n) is 3.27. The van der Waals surface area contributed by atoms with E-state index in [0.717, 1.165) is 0 Å². The van der Waals surface area contributed by atoms with Crippen molar-refractivity contribution >= 4 is 23.2 Å². The first-order valence-corrected chi connectivity index (χ1v) is 7.33. The van der Waals surface area contributed by atoms with Gasteiger partial charge in [-0.1, -0.05) is 30.1 Å². The van der Waals surface area contributed by atoms with Crippen LogP contribution in [-0.4, -0.2) is 6.54 Å². The standard InChI is InChI=1S/C16H15Cl2F2N/c1-3-21-16(12-7-10(17)4-5-14(12)19)11-6-9(2)15(20)8-13(11)18/h4-8,16,21H,3H2,1-2H3. The van der Waals surface area contributed by atoms with E-state index in [1.165, 1.54) is 18.2 Å². The molecule has 1 unspecified atom stereocenters. The molecule has 0 saturated carbocycles. The number of nitrogens with one attached hydrogen (secondary N) is 1. The molecule has 0 fully saturated rings. The minimum atomic E-state index is -0.486. The highest BCUT2D eigenvalue weighted by atomic mass is 35.5. The largest absolute Gasteiger partial charge is 0.306 e. The van der Waals surface area contributed by atoms with Gasteiger partial charge in [0.1, 0.15) is 11.6 Å². The monoisotopic (exact) mass is 329 g/mol. The van der Waals surface area contributed by atoms with Crippen LogP contribution in [0.25, 0.3) is 0 Å². The molecule has 0 aromatic heterocycles. The second kappa shape index (κ2) is 6.73. The highest BCUT2D eigenvalue weighted by Crippen LogP contribution is 2.32. The first-order chi connectivity index (χ1) is 9.93. The Labute approximate surface area is 132 Å². The van der Waals surface area contributed by atoms with Gasteiger partial charge in [-0.2, -0.15) is 0 Å². The van der Waals surface area contributed by atoms with E-state index in [2.05, 4.69) is 5.32 Å². The lowest BCUT2D eigenvalue weighted by molar-refractivity contribution is 0.557. The summed E-state index contributed by atoms with van der Waals surface area (Å²) < 4.78 is 27.7. The van der Waals surface area contributed by atoms with E-state index < -0.39 is 6.04 Å². The number of aryl methyl sites for hydroxylation is 1. The number of hydrogen-bond acceptors (Lipinski definition) is 1. The van der Waals surface area contributed by atoms with Crippen molar-refractivity contribution in [2.75, 3.05) is 6.54 Å². The van der Waals surface area contributed by atoms with E-state index in [9.17, 15) is 8.78 Å². The van der Waals surface area contributed by atoms with Crippen molar-refractivity contribution < 1.29 is 8.78 Å². The molecular weight excluding hydrogens is 315 g/mol. The van der Waals surface area contributed by atoms with Gasteiger partial charge in [0, 0.05) is 15.6 Å². The van der Waals surface area contributed by atoms with Crippen molar-refractivity contribution in [2.24, 2.45) is 0 Å². The molecule has 2 aromatic carbocycles. The molecule has 0 saturated heterocycles. The van der Waals surface area contributed by atoms with Gasteiger partial charge in [-0.05, 0) is 54.9 Å². The van der Waals surface area contributed by atoms with Crippen LogP contribution in [0.15, 0.2) is 30.3 Å². The summed E-state index contributed by atoms with van der Waals surface area (Å²) >= 11 is 12.1. The van der Waals surface area contributed by atoms with Gasteiger partial charge in [0.05, 0.1) is 6.04 Å². The highest BCUT2D eigenvalue weighted by Gasteiger charge is 2.21. The minimum Gasteiger partial charge on any atom is -0.306 e. The van der Waals surface area contributed by atoms with Crippen LogP contribution in [0.2, 0.25) is 10.0 Å². The van der Waals surface area contributed by atoms with Crippen molar-refractivity contribution in [1.82, 2.24) is 5.32 Å². The van der Waals surface area contributed by atoms with E-state index >= 15 is 0 Å². The molecule has 0 aliphatic heterocycles. The minimum absolute atomic E-state index is 0.253. The molecule has 112 valence electrons. The van der Waals surface area contributed by atoms with Crippen molar-refractivity contribution in [3.63, 3.8) is 0 Å². The summed E-state index contributed by atoms with van der Waals surface area (Å²) in [5, 5.41) is 3.85. The Morgan fingerprint density at radius 1 is 1.05 bits per heavy atom. The van der Waals surface area contributed by atoms with E-state index in [0.29, 0.717) is 28.3 Å². The molecule has 1 nitrogen and oxygen atoms in total. The zero-order chi connectivity index (χ0) is 15.6. The number of halogens is 4. The third kappa shape index (κ3) is 3.54. The van der Waals surface area contributed by atoms with Crippen molar-refractivity contribution in [1.29, 1.82) is 0 Å². The maximum Gasteiger partial charge on any atom is 0.128 e. The van der Waals surface area contributed by atoms with Crippen LogP contribution in [0.1, 0.15) is 29.7 Å². The molecule has 1 N–H and O–H groups in total. The Hall–Kier alpha value is -1.16. The molecule has 2 rings (SSSR count). The fourth-order valence-electron chi connectivity index (χ4n) is 2.23. The molecule has 2 aromatic rings. The normalized spacial score (nSPS) is 12.5. The zero-order valence-corrected chi connectivity index (χ0v) is 13.2. The first-order valence-electron chi connectivity index (χ1n) is 6.58. The average molecular weight is 330 g/mol. The molecule has 0 spiro atoms. The van der Waals surface area contributed by atoms with E-state index in [-0.39, 0.29) is 16.7 Å². The van der Waals surface area contributed by atoms with Crippen LogP contribution in [0.4, 0.5) is 8.78 Å². The predicted octanol–water partition coefficient (Wildman–Crippen LogP) is 5.28. The van der Waals surface area contributed by atoms with Crippen LogP contribution in [0, 0.1) is 18.6 Å². The van der Waals surface area contributed by atoms with E-state index in [1.807, 2.05) is 6.92 Å². The summed E-state index contributed by atoms with van der Waals surface area (Å²) in [6.07, 6.45) is 0. The summed E-state index contributed by atoms with van der Waals surface area (Å²) in [6.45, 7) is 4.15. The predicted molar refractivity (Wildman–Crippen MR) is 83.1 cm³/mol. The average Bonchev–Trinajstić information content (AvgIpc) is 2.43. The van der Waals surface area contributed by atoms with Crippen LogP contribution in [0.3, 0.4) is 0 Å². The van der Waals surface area contributed by atoms with Gasteiger partial charge in [0.15, 0.2) is 0 Å². The van der Waals surface area contributed by atoms with Crippen LogP contribution in [0.5, 0.6) is 0 Å². The fraction of sp³-hybridized carbons (Fsp3) is 0.250. The molecular formula is C16H15Cl2F2N. The van der Waals surface area contributed by atoms with E-state index in [4.69, 9.17) is 23.2 Å². The zero-order valence-electron chi connectivity index (χ0n) is 11.7. The third-order valence-corrected chi connectivity index (χ3v) is 3.83. The van der Waals surface area contributed by atoms with E-state index in [1.54, 1.807) is 19.1 Å². The van der Waals surface area contributed by atoms with Gasteiger partial charge in [0.25, 0.3) is 0 Å². The number of rotatable bonds is 4. The Morgan fingerprint density at radius 3 is 2.43 bits per heavy atom. The van der Waals surface area contributed by atoms with Gasteiger partial charge in [-0.15, -0.1) is 0 Å². The Balaban J connectivity index is 2.58. The van der Waals surface area contributed by atoms with Gasteiger partial charge in [0.2, 0.25) is 0 Å². The second-order valence-corrected chi connectivity index (χ2v) is 5.62. The van der Waals surface area contributed by atoms with Gasteiger partial charge in [-0.25, -0.2) is 8.78 Å². The summed E-state index contributed by atoms with van der Waals surface area (Å²) in [7, 11) is 0. The van der Waals surface area contributed by atoms with Gasteiger partial charge in [-0.3, -0.25) is 0 Å².